The highest BCUT2D eigenvalue weighted by atomic mass is 32.1. The molecule has 2 N–H and O–H groups in total. The van der Waals surface area contributed by atoms with Crippen molar-refractivity contribution in [2.75, 3.05) is 13.6 Å². The molecule has 6 nitrogen and oxygen atoms in total. The first kappa shape index (κ1) is 19.6. The Morgan fingerprint density at radius 2 is 1.89 bits per heavy atom. The van der Waals surface area contributed by atoms with Gasteiger partial charge in [0.05, 0.1) is 4.88 Å². The Hall–Kier alpha value is -3.19. The Morgan fingerprint density at radius 3 is 2.64 bits per heavy atom. The summed E-state index contributed by atoms with van der Waals surface area (Å²) in [7, 11) is 1.55. The van der Waals surface area contributed by atoms with Crippen LogP contribution in [-0.4, -0.2) is 30.4 Å². The van der Waals surface area contributed by atoms with Crippen LogP contribution in [0.5, 0.6) is 11.5 Å². The summed E-state index contributed by atoms with van der Waals surface area (Å²) in [6, 6.07) is 14.7. The number of rotatable bonds is 7. The lowest BCUT2D eigenvalue weighted by Gasteiger charge is -2.09. The van der Waals surface area contributed by atoms with Crippen LogP contribution in [0.1, 0.15) is 30.6 Å². The van der Waals surface area contributed by atoms with Gasteiger partial charge in [-0.25, -0.2) is 0 Å². The zero-order chi connectivity index (χ0) is 19.9. The van der Waals surface area contributed by atoms with Crippen molar-refractivity contribution in [2.24, 2.45) is 0 Å². The summed E-state index contributed by atoms with van der Waals surface area (Å²) in [5, 5.41) is 5.47. The molecule has 2 amide bonds. The molecule has 28 heavy (non-hydrogen) atoms. The summed E-state index contributed by atoms with van der Waals surface area (Å²) in [6.07, 6.45) is 2.22. The SMILES string of the molecule is CNC(=O)c1cc(Oc2cccc(CCNC(=O)c3ccc(C)s3)c2)ccn1. The largest absolute Gasteiger partial charge is 0.457 e. The molecule has 0 bridgehead atoms. The molecule has 0 fully saturated rings. The van der Waals surface area contributed by atoms with Crippen molar-refractivity contribution in [3.63, 3.8) is 0 Å². The molecule has 3 aromatic rings. The molecule has 144 valence electrons. The lowest BCUT2D eigenvalue weighted by atomic mass is 10.1. The van der Waals surface area contributed by atoms with E-state index in [9.17, 15) is 9.59 Å². The molecule has 0 saturated carbocycles. The smallest absolute Gasteiger partial charge is 0.269 e. The molecule has 0 aliphatic carbocycles. The van der Waals surface area contributed by atoms with Gasteiger partial charge in [0, 0.05) is 30.7 Å². The van der Waals surface area contributed by atoms with Gasteiger partial charge >= 0.3 is 0 Å². The lowest BCUT2D eigenvalue weighted by molar-refractivity contribution is 0.0950. The number of aryl methyl sites for hydroxylation is 1. The topological polar surface area (TPSA) is 80.3 Å². The summed E-state index contributed by atoms with van der Waals surface area (Å²) < 4.78 is 5.85. The molecule has 1 aromatic carbocycles. The van der Waals surface area contributed by atoms with Gasteiger partial charge in [-0.1, -0.05) is 12.1 Å². The maximum absolute atomic E-state index is 12.1. The number of nitrogens with zero attached hydrogens (tertiary/aromatic N) is 1. The van der Waals surface area contributed by atoms with Crippen LogP contribution in [0, 0.1) is 6.92 Å². The summed E-state index contributed by atoms with van der Waals surface area (Å²) >= 11 is 1.48. The van der Waals surface area contributed by atoms with Crippen LogP contribution in [0.2, 0.25) is 0 Å². The van der Waals surface area contributed by atoms with E-state index in [0.717, 1.165) is 15.3 Å². The standard InChI is InChI=1S/C21H21N3O3S/c1-14-6-7-19(28-14)21(26)24-10-8-15-4-3-5-16(12-15)27-17-9-11-23-18(13-17)20(25)22-2/h3-7,9,11-13H,8,10H2,1-2H3,(H,22,25)(H,24,26). The molecule has 0 spiro atoms. The van der Waals surface area contributed by atoms with Crippen molar-refractivity contribution in [2.45, 2.75) is 13.3 Å². The first-order valence-corrected chi connectivity index (χ1v) is 9.66. The van der Waals surface area contributed by atoms with E-state index in [1.54, 1.807) is 19.2 Å². The van der Waals surface area contributed by atoms with Gasteiger partial charge in [-0.2, -0.15) is 0 Å². The van der Waals surface area contributed by atoms with E-state index in [2.05, 4.69) is 15.6 Å². The first-order valence-electron chi connectivity index (χ1n) is 8.85. The fourth-order valence-corrected chi connectivity index (χ4v) is 3.38. The molecule has 0 aliphatic heterocycles. The quantitative estimate of drug-likeness (QED) is 0.641. The Balaban J connectivity index is 1.58. The molecule has 0 aliphatic rings. The third-order valence-corrected chi connectivity index (χ3v) is 4.99. The molecule has 0 atom stereocenters. The third-order valence-electron chi connectivity index (χ3n) is 3.99. The van der Waals surface area contributed by atoms with Crippen LogP contribution in [0.4, 0.5) is 0 Å². The van der Waals surface area contributed by atoms with Crippen molar-refractivity contribution in [3.8, 4) is 11.5 Å². The van der Waals surface area contributed by atoms with Gasteiger partial charge in [0.25, 0.3) is 11.8 Å². The summed E-state index contributed by atoms with van der Waals surface area (Å²) in [5.41, 5.74) is 1.34. The third kappa shape index (κ3) is 5.17. The summed E-state index contributed by atoms with van der Waals surface area (Å²) in [5.74, 6) is 0.874. The number of amides is 2. The average molecular weight is 395 g/mol. The fourth-order valence-electron chi connectivity index (χ4n) is 2.59. The number of hydrogen-bond acceptors (Lipinski definition) is 5. The second kappa shape index (κ2) is 9.14. The zero-order valence-electron chi connectivity index (χ0n) is 15.7. The summed E-state index contributed by atoms with van der Waals surface area (Å²) in [4.78, 5) is 29.6. The monoisotopic (exact) mass is 395 g/mol. The van der Waals surface area contributed by atoms with Crippen molar-refractivity contribution in [1.82, 2.24) is 15.6 Å². The van der Waals surface area contributed by atoms with E-state index in [-0.39, 0.29) is 11.8 Å². The number of aromatic nitrogens is 1. The van der Waals surface area contributed by atoms with Gasteiger partial charge in [0.15, 0.2) is 0 Å². The number of thiophene rings is 1. The molecule has 7 heteroatoms. The lowest BCUT2D eigenvalue weighted by Crippen LogP contribution is -2.24. The number of carbonyl (C=O) groups is 2. The van der Waals surface area contributed by atoms with Crippen LogP contribution in [0.25, 0.3) is 0 Å². The minimum Gasteiger partial charge on any atom is -0.457 e. The molecule has 0 unspecified atom stereocenters. The van der Waals surface area contributed by atoms with E-state index in [1.807, 2.05) is 43.3 Å². The first-order chi connectivity index (χ1) is 13.5. The van der Waals surface area contributed by atoms with Gasteiger partial charge < -0.3 is 15.4 Å². The van der Waals surface area contributed by atoms with Gasteiger partial charge in [-0.05, 0) is 49.2 Å². The highest BCUT2D eigenvalue weighted by Gasteiger charge is 2.08. The maximum Gasteiger partial charge on any atom is 0.269 e. The van der Waals surface area contributed by atoms with Gasteiger partial charge in [0.2, 0.25) is 0 Å². The Kier molecular flexibility index (Phi) is 6.39. The molecule has 2 heterocycles. The van der Waals surface area contributed by atoms with Crippen LogP contribution < -0.4 is 15.4 Å². The predicted octanol–water partition coefficient (Wildman–Crippen LogP) is 3.58. The molecule has 3 rings (SSSR count). The minimum absolute atomic E-state index is 0.0518. The van der Waals surface area contributed by atoms with E-state index in [1.165, 1.54) is 17.5 Å². The summed E-state index contributed by atoms with van der Waals surface area (Å²) in [6.45, 7) is 2.52. The molecular weight excluding hydrogens is 374 g/mol. The minimum atomic E-state index is -0.268. The van der Waals surface area contributed by atoms with E-state index >= 15 is 0 Å². The maximum atomic E-state index is 12.1. The molecule has 0 saturated heterocycles. The number of benzene rings is 1. The number of hydrogen-bond donors (Lipinski definition) is 2. The Morgan fingerprint density at radius 1 is 1.07 bits per heavy atom. The van der Waals surface area contributed by atoms with E-state index < -0.39 is 0 Å². The van der Waals surface area contributed by atoms with Crippen LogP contribution >= 0.6 is 11.3 Å². The van der Waals surface area contributed by atoms with Crippen molar-refractivity contribution < 1.29 is 14.3 Å². The second-order valence-electron chi connectivity index (χ2n) is 6.12. The van der Waals surface area contributed by atoms with Gasteiger partial charge in [-0.3, -0.25) is 14.6 Å². The van der Waals surface area contributed by atoms with Crippen LogP contribution in [0.3, 0.4) is 0 Å². The van der Waals surface area contributed by atoms with E-state index in [0.29, 0.717) is 30.2 Å². The molecular formula is C21H21N3O3S. The molecule has 2 aromatic heterocycles. The number of nitrogens with one attached hydrogen (secondary N) is 2. The Labute approximate surface area is 167 Å². The second-order valence-corrected chi connectivity index (χ2v) is 7.41. The van der Waals surface area contributed by atoms with Crippen molar-refractivity contribution >= 4 is 23.2 Å². The molecule has 0 radical (unpaired) electrons. The van der Waals surface area contributed by atoms with Crippen LogP contribution in [-0.2, 0) is 6.42 Å². The zero-order valence-corrected chi connectivity index (χ0v) is 16.5. The normalized spacial score (nSPS) is 10.4. The number of pyridine rings is 1. The predicted molar refractivity (Wildman–Crippen MR) is 109 cm³/mol. The highest BCUT2D eigenvalue weighted by molar-refractivity contribution is 7.13. The highest BCUT2D eigenvalue weighted by Crippen LogP contribution is 2.22. The fraction of sp³-hybridized carbons (Fsp3) is 0.190. The van der Waals surface area contributed by atoms with E-state index in [4.69, 9.17) is 4.74 Å². The van der Waals surface area contributed by atoms with Gasteiger partial charge in [0.1, 0.15) is 17.2 Å². The average Bonchev–Trinajstić information content (AvgIpc) is 3.14. The van der Waals surface area contributed by atoms with Crippen molar-refractivity contribution in [1.29, 1.82) is 0 Å². The van der Waals surface area contributed by atoms with Crippen molar-refractivity contribution in [3.05, 3.63) is 75.7 Å². The van der Waals surface area contributed by atoms with Crippen LogP contribution in [0.15, 0.2) is 54.7 Å². The van der Waals surface area contributed by atoms with Gasteiger partial charge in [-0.15, -0.1) is 11.3 Å². The number of ether oxygens (including phenoxy) is 1. The number of carbonyl (C=O) groups excluding carboxylic acids is 2. The Bertz CT molecular complexity index is 984.